The normalized spacial score (nSPS) is 18.9. The predicted molar refractivity (Wildman–Crippen MR) is 294 cm³/mol. The Morgan fingerprint density at radius 3 is 1.38 bits per heavy atom. The SMILES string of the molecule is CC/C=C\C/C=C\C/C=C\C/C=C\CCCCC(=O)OCC(COC1OC(C(=O)O)C(O)C(O)C1OC(=O)CCCCCCC/C=C\C/C=C\CCCCC)OC(=O)CCCCCCC/C=C\CCCCCC. The summed E-state index contributed by atoms with van der Waals surface area (Å²) in [6.45, 7) is 5.77. The first-order chi connectivity index (χ1) is 35.6. The number of aliphatic carboxylic acids is 1. The predicted octanol–water partition coefficient (Wildman–Crippen LogP) is 14.3. The van der Waals surface area contributed by atoms with Crippen LogP contribution in [0.1, 0.15) is 226 Å². The molecule has 12 heteroatoms. The van der Waals surface area contributed by atoms with Crippen molar-refractivity contribution in [3.8, 4) is 0 Å². The molecule has 0 bridgehead atoms. The Morgan fingerprint density at radius 2 is 0.863 bits per heavy atom. The van der Waals surface area contributed by atoms with Gasteiger partial charge >= 0.3 is 23.9 Å². The summed E-state index contributed by atoms with van der Waals surface area (Å²) in [4.78, 5) is 51.0. The van der Waals surface area contributed by atoms with Gasteiger partial charge in [0.05, 0.1) is 6.61 Å². The second-order valence-electron chi connectivity index (χ2n) is 19.2. The van der Waals surface area contributed by atoms with Crippen molar-refractivity contribution in [3.05, 3.63) is 85.1 Å². The molecule has 6 atom stereocenters. The fourth-order valence-electron chi connectivity index (χ4n) is 8.03. The Morgan fingerprint density at radius 1 is 0.466 bits per heavy atom. The highest BCUT2D eigenvalue weighted by Crippen LogP contribution is 2.26. The molecular weight excluding hydrogens is 925 g/mol. The zero-order valence-electron chi connectivity index (χ0n) is 45.6. The zero-order chi connectivity index (χ0) is 53.3. The van der Waals surface area contributed by atoms with Crippen molar-refractivity contribution in [1.82, 2.24) is 0 Å². The molecule has 0 radical (unpaired) electrons. The zero-order valence-corrected chi connectivity index (χ0v) is 45.6. The first-order valence-corrected chi connectivity index (χ1v) is 28.6. The van der Waals surface area contributed by atoms with E-state index in [1.54, 1.807) is 0 Å². The number of ether oxygens (including phenoxy) is 5. The number of carboxylic acid groups (broad SMARTS) is 1. The van der Waals surface area contributed by atoms with E-state index in [9.17, 15) is 34.5 Å². The van der Waals surface area contributed by atoms with Gasteiger partial charge in [-0.2, -0.15) is 0 Å². The Kier molecular flexibility index (Phi) is 44.7. The molecule has 1 fully saturated rings. The highest BCUT2D eigenvalue weighted by atomic mass is 16.7. The van der Waals surface area contributed by atoms with E-state index < -0.39 is 67.3 Å². The Balaban J connectivity index is 2.75. The molecule has 1 saturated heterocycles. The van der Waals surface area contributed by atoms with Gasteiger partial charge in [0.15, 0.2) is 24.6 Å². The first-order valence-electron chi connectivity index (χ1n) is 28.6. The van der Waals surface area contributed by atoms with Crippen molar-refractivity contribution in [3.63, 3.8) is 0 Å². The number of aliphatic hydroxyl groups is 2. The molecule has 0 amide bonds. The van der Waals surface area contributed by atoms with E-state index in [1.165, 1.54) is 44.9 Å². The van der Waals surface area contributed by atoms with Crippen LogP contribution in [0.5, 0.6) is 0 Å². The largest absolute Gasteiger partial charge is 0.479 e. The Labute approximate surface area is 441 Å². The summed E-state index contributed by atoms with van der Waals surface area (Å²) in [5.41, 5.74) is 0. The number of aliphatic hydroxyl groups excluding tert-OH is 2. The number of unbranched alkanes of at least 4 members (excludes halogenated alkanes) is 19. The van der Waals surface area contributed by atoms with Crippen LogP contribution in [0.15, 0.2) is 85.1 Å². The van der Waals surface area contributed by atoms with Gasteiger partial charge in [0.2, 0.25) is 0 Å². The summed E-state index contributed by atoms with van der Waals surface area (Å²) in [6.07, 6.45) is 49.8. The lowest BCUT2D eigenvalue weighted by atomic mass is 9.98. The lowest BCUT2D eigenvalue weighted by molar-refractivity contribution is -0.301. The summed E-state index contributed by atoms with van der Waals surface area (Å²) < 4.78 is 28.3. The molecule has 1 heterocycles. The van der Waals surface area contributed by atoms with Crippen LogP contribution in [-0.4, -0.2) is 89.2 Å². The third kappa shape index (κ3) is 39.0. The number of carboxylic acids is 1. The molecule has 0 aromatic carbocycles. The van der Waals surface area contributed by atoms with Crippen LogP contribution in [0.2, 0.25) is 0 Å². The van der Waals surface area contributed by atoms with Crippen LogP contribution in [0.25, 0.3) is 0 Å². The highest BCUT2D eigenvalue weighted by molar-refractivity contribution is 5.74. The summed E-state index contributed by atoms with van der Waals surface area (Å²) >= 11 is 0. The third-order valence-electron chi connectivity index (χ3n) is 12.4. The van der Waals surface area contributed by atoms with E-state index in [0.717, 1.165) is 122 Å². The topological polar surface area (TPSA) is 175 Å². The maximum Gasteiger partial charge on any atom is 0.335 e. The van der Waals surface area contributed by atoms with E-state index in [1.807, 2.05) is 0 Å². The minimum atomic E-state index is -1.92. The van der Waals surface area contributed by atoms with Crippen LogP contribution >= 0.6 is 0 Å². The first kappa shape index (κ1) is 66.9. The standard InChI is InChI=1S/C61H100O12/c1-4-7-10-13-16-19-22-25-27-30-32-35-38-41-44-47-53(62)69-50-52(71-54(63)48-45-42-39-36-33-29-24-21-18-15-12-9-6-3)51-70-61-59(57(66)56(65)58(73-61)60(67)68)72-55(64)49-46-43-40-37-34-31-28-26-23-20-17-14-11-8-5-2/h7,10,16-17,19-21,24-28,32,35,52,56-59,61,65-66H,4-6,8-9,11-15,18,22-23,29-31,33-34,36-51H2,1-3H3,(H,67,68)/b10-7-,19-16-,20-17-,24-21-,27-25-,28-26-,35-32-. The van der Waals surface area contributed by atoms with Gasteiger partial charge in [-0.15, -0.1) is 0 Å². The van der Waals surface area contributed by atoms with Gasteiger partial charge < -0.3 is 39.0 Å². The molecule has 0 saturated carbocycles. The smallest absolute Gasteiger partial charge is 0.335 e. The van der Waals surface area contributed by atoms with Gasteiger partial charge in [-0.25, -0.2) is 4.79 Å². The average molecular weight is 1030 g/mol. The van der Waals surface area contributed by atoms with Crippen molar-refractivity contribution in [1.29, 1.82) is 0 Å². The summed E-state index contributed by atoms with van der Waals surface area (Å²) in [5, 5.41) is 31.4. The molecule has 0 aliphatic carbocycles. The quantitative estimate of drug-likeness (QED) is 0.0228. The number of hydrogen-bond donors (Lipinski definition) is 3. The number of carbonyl (C=O) groups is 4. The van der Waals surface area contributed by atoms with Crippen molar-refractivity contribution in [2.45, 2.75) is 263 Å². The molecule has 3 N–H and O–H groups in total. The number of esters is 3. The molecule has 0 spiro atoms. The van der Waals surface area contributed by atoms with Gasteiger partial charge in [0.25, 0.3) is 0 Å². The fourth-order valence-corrected chi connectivity index (χ4v) is 8.03. The second-order valence-corrected chi connectivity index (χ2v) is 19.2. The second kappa shape index (κ2) is 48.8. The molecule has 73 heavy (non-hydrogen) atoms. The van der Waals surface area contributed by atoms with Crippen molar-refractivity contribution in [2.24, 2.45) is 0 Å². The molecule has 0 aromatic heterocycles. The fraction of sp³-hybridized carbons (Fsp3) is 0.705. The van der Waals surface area contributed by atoms with Gasteiger partial charge in [-0.05, 0) is 116 Å². The van der Waals surface area contributed by atoms with Gasteiger partial charge in [-0.3, -0.25) is 14.4 Å². The third-order valence-corrected chi connectivity index (χ3v) is 12.4. The van der Waals surface area contributed by atoms with Crippen molar-refractivity contribution in [2.75, 3.05) is 13.2 Å². The van der Waals surface area contributed by atoms with E-state index >= 15 is 0 Å². The van der Waals surface area contributed by atoms with Crippen LogP contribution in [-0.2, 0) is 42.9 Å². The van der Waals surface area contributed by atoms with E-state index in [0.29, 0.717) is 19.3 Å². The Bertz CT molecular complexity index is 1590. The molecule has 6 unspecified atom stereocenters. The van der Waals surface area contributed by atoms with E-state index in [2.05, 4.69) is 106 Å². The van der Waals surface area contributed by atoms with Crippen LogP contribution < -0.4 is 0 Å². The average Bonchev–Trinajstić information content (AvgIpc) is 3.37. The van der Waals surface area contributed by atoms with Crippen LogP contribution in [0.4, 0.5) is 0 Å². The highest BCUT2D eigenvalue weighted by Gasteiger charge is 2.50. The minimum Gasteiger partial charge on any atom is -0.479 e. The summed E-state index contributed by atoms with van der Waals surface area (Å²) in [5.74, 6) is -3.21. The monoisotopic (exact) mass is 1020 g/mol. The molecule has 1 rings (SSSR count). The number of hydrogen-bond acceptors (Lipinski definition) is 11. The van der Waals surface area contributed by atoms with Crippen LogP contribution in [0.3, 0.4) is 0 Å². The summed E-state index contributed by atoms with van der Waals surface area (Å²) in [6, 6.07) is 0. The Hall–Kier alpha value is -4.10. The molecular formula is C61H100O12. The van der Waals surface area contributed by atoms with Crippen LogP contribution in [0, 0.1) is 0 Å². The van der Waals surface area contributed by atoms with Crippen molar-refractivity contribution >= 4 is 23.9 Å². The number of allylic oxidation sites excluding steroid dienone is 14. The molecule has 1 aliphatic rings. The maximum atomic E-state index is 13.1. The minimum absolute atomic E-state index is 0.0365. The lowest BCUT2D eigenvalue weighted by Gasteiger charge is -2.40. The summed E-state index contributed by atoms with van der Waals surface area (Å²) in [7, 11) is 0. The number of carbonyl (C=O) groups excluding carboxylic acids is 3. The lowest BCUT2D eigenvalue weighted by Crippen LogP contribution is -2.61. The molecule has 12 nitrogen and oxygen atoms in total. The van der Waals surface area contributed by atoms with E-state index in [4.69, 9.17) is 23.7 Å². The number of rotatable bonds is 47. The van der Waals surface area contributed by atoms with Crippen molar-refractivity contribution < 1.29 is 58.2 Å². The van der Waals surface area contributed by atoms with Gasteiger partial charge in [0, 0.05) is 19.3 Å². The molecule has 1 aliphatic heterocycles. The maximum absolute atomic E-state index is 13.1. The van der Waals surface area contributed by atoms with Gasteiger partial charge in [0.1, 0.15) is 18.8 Å². The van der Waals surface area contributed by atoms with E-state index in [-0.39, 0.29) is 25.9 Å². The molecule has 416 valence electrons. The molecule has 0 aromatic rings. The van der Waals surface area contributed by atoms with Gasteiger partial charge in [-0.1, -0.05) is 176 Å².